The van der Waals surface area contributed by atoms with Crippen molar-refractivity contribution in [3.8, 4) is 11.3 Å². The number of fused-ring (bicyclic) bond motifs is 1. The molecule has 0 bridgehead atoms. The van der Waals surface area contributed by atoms with E-state index in [1.165, 1.54) is 12.3 Å². The van der Waals surface area contributed by atoms with Gasteiger partial charge in [-0.15, -0.1) is 10.2 Å². The van der Waals surface area contributed by atoms with Crippen LogP contribution in [0, 0.1) is 0 Å². The van der Waals surface area contributed by atoms with E-state index in [0.717, 1.165) is 11.3 Å². The third kappa shape index (κ3) is 5.12. The predicted molar refractivity (Wildman–Crippen MR) is 118 cm³/mol. The van der Waals surface area contributed by atoms with Crippen LogP contribution in [0.5, 0.6) is 0 Å². The third-order valence-corrected chi connectivity index (χ3v) is 5.57. The maximum atomic E-state index is 11.8. The second-order valence-electron chi connectivity index (χ2n) is 6.44. The molecule has 10 heteroatoms. The Morgan fingerprint density at radius 1 is 0.968 bits per heavy atom. The van der Waals surface area contributed by atoms with E-state index in [-0.39, 0.29) is 47.3 Å². The first-order valence-corrected chi connectivity index (χ1v) is 10.6. The Morgan fingerprint density at radius 2 is 1.71 bits per heavy atom. The molecule has 4 aromatic rings. The number of nitrogens with two attached hydrogens (primary N) is 1. The standard InChI is InChI=1S/C21H15ClN4O3S.Na.H/c22-14-5-3-4-13(10-14)18-9-8-15(12-24-18)25-26-19-11-20(30(27,28)29)16-6-1-2-7-17(16)21(19)23;;/h1-12H,23H2,(H,27,28,29);;/q;+1;-1. The molecule has 0 saturated carbocycles. The number of nitrogens with zero attached hydrogens (tertiary/aromatic N) is 3. The molecule has 0 aliphatic carbocycles. The summed E-state index contributed by atoms with van der Waals surface area (Å²) in [4.78, 5) is 4.07. The van der Waals surface area contributed by atoms with Crippen LogP contribution in [0.1, 0.15) is 1.43 Å². The fourth-order valence-corrected chi connectivity index (χ4v) is 3.93. The number of pyridine rings is 1. The van der Waals surface area contributed by atoms with Gasteiger partial charge in [0.15, 0.2) is 0 Å². The van der Waals surface area contributed by atoms with Crippen molar-refractivity contribution in [2.75, 3.05) is 5.73 Å². The number of benzene rings is 3. The van der Waals surface area contributed by atoms with E-state index in [1.807, 2.05) is 12.1 Å². The zero-order valence-corrected chi connectivity index (χ0v) is 20.0. The van der Waals surface area contributed by atoms with Crippen molar-refractivity contribution in [3.05, 3.63) is 77.9 Å². The SMILES string of the molecule is Nc1c(N=Nc2ccc(-c3cccc(Cl)c3)nc2)cc(S(=O)(=O)O)c2ccccc12.[H-].[Na+]. The van der Waals surface area contributed by atoms with Gasteiger partial charge in [-0.25, -0.2) is 0 Å². The third-order valence-electron chi connectivity index (χ3n) is 4.45. The first kappa shape index (κ1) is 23.3. The monoisotopic (exact) mass is 462 g/mol. The number of rotatable bonds is 4. The molecule has 152 valence electrons. The average Bonchev–Trinajstić information content (AvgIpc) is 2.73. The molecule has 31 heavy (non-hydrogen) atoms. The normalized spacial score (nSPS) is 11.5. The Kier molecular flexibility index (Phi) is 7.10. The minimum absolute atomic E-state index is 0. The van der Waals surface area contributed by atoms with Gasteiger partial charge in [0.2, 0.25) is 0 Å². The molecule has 4 rings (SSSR count). The number of hydrogen-bond donors (Lipinski definition) is 2. The summed E-state index contributed by atoms with van der Waals surface area (Å²) in [6, 6.07) is 18.6. The van der Waals surface area contributed by atoms with Crippen LogP contribution in [0.15, 0.2) is 88.1 Å². The number of hydrogen-bond acceptors (Lipinski definition) is 6. The van der Waals surface area contributed by atoms with Crippen LogP contribution in [0.4, 0.5) is 17.1 Å². The zero-order chi connectivity index (χ0) is 21.3. The van der Waals surface area contributed by atoms with Crippen molar-refractivity contribution in [2.24, 2.45) is 10.2 Å². The molecule has 0 unspecified atom stereocenters. The van der Waals surface area contributed by atoms with Crippen molar-refractivity contribution in [3.63, 3.8) is 0 Å². The largest absolute Gasteiger partial charge is 1.00 e. The second kappa shape index (κ2) is 9.44. The van der Waals surface area contributed by atoms with Gasteiger partial charge in [-0.1, -0.05) is 48.0 Å². The van der Waals surface area contributed by atoms with Crippen molar-refractivity contribution >= 4 is 49.6 Å². The van der Waals surface area contributed by atoms with Crippen molar-refractivity contribution in [2.45, 2.75) is 4.90 Å². The van der Waals surface area contributed by atoms with E-state index in [2.05, 4.69) is 15.2 Å². The van der Waals surface area contributed by atoms with Gasteiger partial charge in [-0.2, -0.15) is 8.42 Å². The smallest absolute Gasteiger partial charge is 1.00 e. The Hall–Kier alpha value is -2.33. The van der Waals surface area contributed by atoms with Gasteiger partial charge in [0.05, 0.1) is 17.6 Å². The average molecular weight is 463 g/mol. The Morgan fingerprint density at radius 3 is 2.35 bits per heavy atom. The van der Waals surface area contributed by atoms with Crippen LogP contribution in [-0.4, -0.2) is 18.0 Å². The number of nitrogen functional groups attached to an aromatic ring is 1. The summed E-state index contributed by atoms with van der Waals surface area (Å²) < 4.78 is 33.2. The summed E-state index contributed by atoms with van der Waals surface area (Å²) in [5.41, 5.74) is 8.56. The molecular formula is C21H16ClN4NaO3S. The maximum absolute atomic E-state index is 11.8. The molecular weight excluding hydrogens is 447 g/mol. The van der Waals surface area contributed by atoms with Crippen LogP contribution >= 0.6 is 11.6 Å². The van der Waals surface area contributed by atoms with Crippen LogP contribution in [0.2, 0.25) is 5.02 Å². The second-order valence-corrected chi connectivity index (χ2v) is 8.27. The first-order chi connectivity index (χ1) is 14.3. The summed E-state index contributed by atoms with van der Waals surface area (Å²) in [6.07, 6.45) is 1.53. The number of anilines is 1. The number of aromatic nitrogens is 1. The fraction of sp³-hybridized carbons (Fsp3) is 0. The summed E-state index contributed by atoms with van der Waals surface area (Å²) in [7, 11) is -4.47. The van der Waals surface area contributed by atoms with E-state index < -0.39 is 10.1 Å². The zero-order valence-electron chi connectivity index (χ0n) is 17.4. The Balaban J connectivity index is 0.00000181. The van der Waals surface area contributed by atoms with Crippen LogP contribution in [0.25, 0.3) is 22.0 Å². The minimum Gasteiger partial charge on any atom is -1.00 e. The van der Waals surface area contributed by atoms with E-state index >= 15 is 0 Å². The number of halogens is 1. The van der Waals surface area contributed by atoms with Gasteiger partial charge < -0.3 is 7.16 Å². The summed E-state index contributed by atoms with van der Waals surface area (Å²) in [6.45, 7) is 0. The topological polar surface area (TPSA) is 118 Å². The predicted octanol–water partition coefficient (Wildman–Crippen LogP) is 2.92. The molecule has 1 heterocycles. The van der Waals surface area contributed by atoms with Gasteiger partial charge in [-0.05, 0) is 30.3 Å². The molecule has 0 aliphatic rings. The molecule has 1 aromatic heterocycles. The van der Waals surface area contributed by atoms with Crippen molar-refractivity contribution in [1.82, 2.24) is 4.98 Å². The van der Waals surface area contributed by atoms with Gasteiger partial charge >= 0.3 is 29.6 Å². The number of azo groups is 1. The first-order valence-electron chi connectivity index (χ1n) is 8.75. The molecule has 7 nitrogen and oxygen atoms in total. The summed E-state index contributed by atoms with van der Waals surface area (Å²) >= 11 is 6.01. The molecule has 0 radical (unpaired) electrons. The van der Waals surface area contributed by atoms with E-state index in [1.54, 1.807) is 48.5 Å². The Bertz CT molecular complexity index is 1400. The molecule has 3 N–H and O–H groups in total. The van der Waals surface area contributed by atoms with E-state index in [4.69, 9.17) is 17.3 Å². The van der Waals surface area contributed by atoms with Crippen molar-refractivity contribution in [1.29, 1.82) is 0 Å². The van der Waals surface area contributed by atoms with Gasteiger partial charge in [-0.3, -0.25) is 9.54 Å². The fourth-order valence-electron chi connectivity index (χ4n) is 3.02. The molecule has 0 fully saturated rings. The summed E-state index contributed by atoms with van der Waals surface area (Å²) in [5.74, 6) is 0. The minimum atomic E-state index is -4.47. The molecule has 0 atom stereocenters. The van der Waals surface area contributed by atoms with Crippen molar-refractivity contribution < 1.29 is 44.0 Å². The summed E-state index contributed by atoms with van der Waals surface area (Å²) in [5, 5.41) is 9.55. The van der Waals surface area contributed by atoms with Gasteiger partial charge in [0.1, 0.15) is 16.3 Å². The Labute approximate surface area is 207 Å². The quantitative estimate of drug-likeness (QED) is 0.209. The van der Waals surface area contributed by atoms with E-state index in [9.17, 15) is 13.0 Å². The van der Waals surface area contributed by atoms with E-state index in [0.29, 0.717) is 21.5 Å². The maximum Gasteiger partial charge on any atom is 1.00 e. The molecule has 0 aliphatic heterocycles. The molecule has 3 aromatic carbocycles. The van der Waals surface area contributed by atoms with Gasteiger partial charge in [0.25, 0.3) is 10.1 Å². The molecule has 0 spiro atoms. The van der Waals surface area contributed by atoms with Crippen LogP contribution in [-0.2, 0) is 10.1 Å². The van der Waals surface area contributed by atoms with Crippen LogP contribution in [0.3, 0.4) is 0 Å². The van der Waals surface area contributed by atoms with Crippen LogP contribution < -0.4 is 35.3 Å². The molecule has 0 saturated heterocycles. The van der Waals surface area contributed by atoms with Gasteiger partial charge in [0, 0.05) is 21.4 Å². The molecule has 0 amide bonds.